The van der Waals surface area contributed by atoms with Crippen molar-refractivity contribution in [3.63, 3.8) is 0 Å². The van der Waals surface area contributed by atoms with E-state index in [0.717, 1.165) is 5.69 Å². The molecule has 0 aliphatic carbocycles. The molecule has 7 nitrogen and oxygen atoms in total. The molecule has 7 heteroatoms. The van der Waals surface area contributed by atoms with Crippen molar-refractivity contribution in [3.8, 4) is 0 Å². The van der Waals surface area contributed by atoms with Crippen molar-refractivity contribution < 1.29 is 14.8 Å². The van der Waals surface area contributed by atoms with Crippen LogP contribution < -0.4 is 4.90 Å². The third-order valence-electron chi connectivity index (χ3n) is 3.85. The van der Waals surface area contributed by atoms with Gasteiger partial charge >= 0.3 is 5.97 Å². The second-order valence-corrected chi connectivity index (χ2v) is 5.05. The van der Waals surface area contributed by atoms with Crippen LogP contribution in [0, 0.1) is 16.0 Å². The van der Waals surface area contributed by atoms with Crippen LogP contribution in [0.1, 0.15) is 6.42 Å². The van der Waals surface area contributed by atoms with Crippen molar-refractivity contribution in [2.75, 3.05) is 18.0 Å². The van der Waals surface area contributed by atoms with Crippen LogP contribution in [0.15, 0.2) is 30.6 Å². The molecule has 0 radical (unpaired) electrons. The van der Waals surface area contributed by atoms with Crippen LogP contribution in [0.25, 0.3) is 10.8 Å². The lowest BCUT2D eigenvalue weighted by atomic mass is 10.1. The predicted octanol–water partition coefficient (Wildman–Crippen LogP) is 2.05. The number of carboxylic acids is 1. The van der Waals surface area contributed by atoms with Crippen LogP contribution in [0.2, 0.25) is 0 Å². The van der Waals surface area contributed by atoms with Crippen molar-refractivity contribution in [2.45, 2.75) is 6.42 Å². The molecule has 0 bridgehead atoms. The number of pyridine rings is 1. The van der Waals surface area contributed by atoms with E-state index in [2.05, 4.69) is 4.98 Å². The Balaban J connectivity index is 2.07. The highest BCUT2D eigenvalue weighted by Crippen LogP contribution is 2.35. The number of aliphatic carboxylic acids is 1. The highest BCUT2D eigenvalue weighted by molar-refractivity contribution is 5.99. The van der Waals surface area contributed by atoms with Crippen LogP contribution in [-0.2, 0) is 4.79 Å². The van der Waals surface area contributed by atoms with Gasteiger partial charge in [-0.05, 0) is 18.6 Å². The Hall–Kier alpha value is -2.70. The molecule has 1 aromatic heterocycles. The summed E-state index contributed by atoms with van der Waals surface area (Å²) in [4.78, 5) is 27.7. The molecule has 1 saturated heterocycles. The molecule has 1 aromatic carbocycles. The zero-order chi connectivity index (χ0) is 15.0. The highest BCUT2D eigenvalue weighted by Gasteiger charge is 2.29. The van der Waals surface area contributed by atoms with Crippen molar-refractivity contribution in [1.82, 2.24) is 4.98 Å². The van der Waals surface area contributed by atoms with Gasteiger partial charge in [0.05, 0.1) is 16.2 Å². The molecule has 1 unspecified atom stereocenters. The Labute approximate surface area is 120 Å². The Morgan fingerprint density at radius 3 is 2.86 bits per heavy atom. The van der Waals surface area contributed by atoms with Crippen molar-refractivity contribution in [1.29, 1.82) is 0 Å². The van der Waals surface area contributed by atoms with Crippen molar-refractivity contribution >= 4 is 28.1 Å². The van der Waals surface area contributed by atoms with E-state index in [4.69, 9.17) is 5.11 Å². The SMILES string of the molecule is O=C(O)C1CCN(c2ccc([N+](=O)[O-])c3ccncc23)C1. The third kappa shape index (κ3) is 2.26. The molecule has 108 valence electrons. The fourth-order valence-corrected chi connectivity index (χ4v) is 2.77. The minimum atomic E-state index is -0.804. The molecule has 1 atom stereocenters. The lowest BCUT2D eigenvalue weighted by Gasteiger charge is -2.20. The molecule has 0 spiro atoms. The van der Waals surface area contributed by atoms with E-state index >= 15 is 0 Å². The lowest BCUT2D eigenvalue weighted by molar-refractivity contribution is -0.383. The minimum absolute atomic E-state index is 0.0325. The van der Waals surface area contributed by atoms with Gasteiger partial charge in [0, 0.05) is 42.6 Å². The fourth-order valence-electron chi connectivity index (χ4n) is 2.77. The number of nitro groups is 1. The summed E-state index contributed by atoms with van der Waals surface area (Å²) in [6.45, 7) is 1.04. The number of nitro benzene ring substituents is 1. The third-order valence-corrected chi connectivity index (χ3v) is 3.85. The van der Waals surface area contributed by atoms with Gasteiger partial charge in [-0.15, -0.1) is 0 Å². The number of carboxylic acid groups (broad SMARTS) is 1. The molecule has 1 fully saturated rings. The molecule has 2 aromatic rings. The summed E-state index contributed by atoms with van der Waals surface area (Å²) in [6, 6.07) is 4.75. The van der Waals surface area contributed by atoms with Gasteiger partial charge in [0.2, 0.25) is 0 Å². The molecule has 0 amide bonds. The Bertz CT molecular complexity index is 731. The maximum Gasteiger partial charge on any atom is 0.308 e. The molecule has 21 heavy (non-hydrogen) atoms. The van der Waals surface area contributed by atoms with Crippen LogP contribution in [0.4, 0.5) is 11.4 Å². The highest BCUT2D eigenvalue weighted by atomic mass is 16.6. The number of anilines is 1. The van der Waals surface area contributed by atoms with E-state index < -0.39 is 16.8 Å². The van der Waals surface area contributed by atoms with E-state index in [1.807, 2.05) is 4.90 Å². The minimum Gasteiger partial charge on any atom is -0.481 e. The maximum atomic E-state index is 11.1. The van der Waals surface area contributed by atoms with Gasteiger partial charge in [0.25, 0.3) is 5.69 Å². The number of non-ortho nitro benzene ring substituents is 1. The average molecular weight is 287 g/mol. The first-order valence-corrected chi connectivity index (χ1v) is 6.57. The number of rotatable bonds is 3. The van der Waals surface area contributed by atoms with Crippen LogP contribution in [-0.4, -0.2) is 34.1 Å². The first kappa shape index (κ1) is 13.3. The second kappa shape index (κ2) is 5.01. The zero-order valence-electron chi connectivity index (χ0n) is 11.1. The van der Waals surface area contributed by atoms with E-state index in [1.165, 1.54) is 12.3 Å². The van der Waals surface area contributed by atoms with E-state index in [0.29, 0.717) is 30.3 Å². The number of fused-ring (bicyclic) bond motifs is 1. The lowest BCUT2D eigenvalue weighted by Crippen LogP contribution is -2.22. The zero-order valence-corrected chi connectivity index (χ0v) is 11.1. The summed E-state index contributed by atoms with van der Waals surface area (Å²) in [6.07, 6.45) is 3.68. The molecule has 0 saturated carbocycles. The fraction of sp³-hybridized carbons (Fsp3) is 0.286. The Morgan fingerprint density at radius 2 is 2.19 bits per heavy atom. The van der Waals surface area contributed by atoms with Crippen LogP contribution in [0.5, 0.6) is 0 Å². The quantitative estimate of drug-likeness (QED) is 0.685. The van der Waals surface area contributed by atoms with Gasteiger partial charge < -0.3 is 10.0 Å². The van der Waals surface area contributed by atoms with Gasteiger partial charge in [-0.2, -0.15) is 0 Å². The normalized spacial score (nSPS) is 18.1. The smallest absolute Gasteiger partial charge is 0.308 e. The largest absolute Gasteiger partial charge is 0.481 e. The van der Waals surface area contributed by atoms with Gasteiger partial charge in [-0.3, -0.25) is 19.9 Å². The van der Waals surface area contributed by atoms with Gasteiger partial charge in [-0.1, -0.05) is 0 Å². The van der Waals surface area contributed by atoms with E-state index in [9.17, 15) is 14.9 Å². The summed E-state index contributed by atoms with van der Waals surface area (Å²) >= 11 is 0. The number of aromatic nitrogens is 1. The van der Waals surface area contributed by atoms with Crippen LogP contribution in [0.3, 0.4) is 0 Å². The first-order valence-electron chi connectivity index (χ1n) is 6.57. The summed E-state index contributed by atoms with van der Waals surface area (Å²) in [5.74, 6) is -1.20. The molecule has 1 aliphatic rings. The molecule has 3 rings (SSSR count). The molecular weight excluding hydrogens is 274 g/mol. The van der Waals surface area contributed by atoms with Gasteiger partial charge in [0.15, 0.2) is 0 Å². The average Bonchev–Trinajstić information content (AvgIpc) is 2.95. The predicted molar refractivity (Wildman–Crippen MR) is 76.4 cm³/mol. The van der Waals surface area contributed by atoms with E-state index in [-0.39, 0.29) is 5.69 Å². The molecular formula is C14H13N3O4. The number of carbonyl (C=O) groups is 1. The first-order chi connectivity index (χ1) is 10.1. The topological polar surface area (TPSA) is 96.6 Å². The summed E-state index contributed by atoms with van der Waals surface area (Å²) in [7, 11) is 0. The van der Waals surface area contributed by atoms with E-state index in [1.54, 1.807) is 18.3 Å². The number of hydrogen-bond acceptors (Lipinski definition) is 5. The van der Waals surface area contributed by atoms with Crippen LogP contribution >= 0.6 is 0 Å². The van der Waals surface area contributed by atoms with Crippen molar-refractivity contribution in [2.24, 2.45) is 5.92 Å². The molecule has 2 heterocycles. The Kier molecular flexibility index (Phi) is 3.17. The molecule has 1 aliphatic heterocycles. The number of benzene rings is 1. The maximum absolute atomic E-state index is 11.1. The number of hydrogen-bond donors (Lipinski definition) is 1. The second-order valence-electron chi connectivity index (χ2n) is 5.05. The standard InChI is InChI=1S/C14H13N3O4/c18-14(19)9-4-6-16(8-9)12-1-2-13(17(20)21)10-3-5-15-7-11(10)12/h1-3,5,7,9H,4,6,8H2,(H,18,19). The van der Waals surface area contributed by atoms with Crippen molar-refractivity contribution in [3.05, 3.63) is 40.7 Å². The monoisotopic (exact) mass is 287 g/mol. The Morgan fingerprint density at radius 1 is 1.38 bits per heavy atom. The van der Waals surface area contributed by atoms with Gasteiger partial charge in [-0.25, -0.2) is 0 Å². The number of nitrogens with zero attached hydrogens (tertiary/aromatic N) is 3. The molecule has 1 N–H and O–H groups in total. The summed E-state index contributed by atoms with van der Waals surface area (Å²) < 4.78 is 0. The summed E-state index contributed by atoms with van der Waals surface area (Å²) in [5, 5.41) is 21.4. The summed E-state index contributed by atoms with van der Waals surface area (Å²) in [5.41, 5.74) is 0.831. The van der Waals surface area contributed by atoms with Gasteiger partial charge in [0.1, 0.15) is 0 Å².